The molecule has 0 unspecified atom stereocenters. The van der Waals surface area contributed by atoms with Crippen LogP contribution in [0.15, 0.2) is 24.0 Å². The maximum Gasteiger partial charge on any atom is 0.232 e. The van der Waals surface area contributed by atoms with Crippen molar-refractivity contribution < 1.29 is 33.7 Å². The van der Waals surface area contributed by atoms with E-state index >= 15 is 0 Å². The summed E-state index contributed by atoms with van der Waals surface area (Å²) in [6.45, 7) is 6.16. The van der Waals surface area contributed by atoms with Gasteiger partial charge in [0.1, 0.15) is 12.3 Å². The Labute approximate surface area is 193 Å². The SMILES string of the molecule is COc1cc(C=C2Oc3c(C[NH+]4CCN(C)CC4)c([O-])cc(C)c3C2=O)cc(OC)c1OC. The van der Waals surface area contributed by atoms with Gasteiger partial charge in [0.05, 0.1) is 40.0 Å². The quantitative estimate of drug-likeness (QED) is 0.653. The van der Waals surface area contributed by atoms with Crippen molar-refractivity contribution in [3.05, 3.63) is 46.2 Å². The number of ketones is 1. The Kier molecular flexibility index (Phi) is 6.49. The summed E-state index contributed by atoms with van der Waals surface area (Å²) in [4.78, 5) is 16.8. The molecule has 0 amide bonds. The molecule has 4 rings (SSSR count). The number of allylic oxidation sites excluding steroid dienone is 1. The second-order valence-corrected chi connectivity index (χ2v) is 8.50. The van der Waals surface area contributed by atoms with Crippen LogP contribution in [0.5, 0.6) is 28.7 Å². The van der Waals surface area contributed by atoms with E-state index in [4.69, 9.17) is 18.9 Å². The van der Waals surface area contributed by atoms with Crippen LogP contribution >= 0.6 is 0 Å². The fourth-order valence-electron chi connectivity index (χ4n) is 4.43. The topological polar surface area (TPSA) is 84.7 Å². The molecule has 8 heteroatoms. The fourth-order valence-corrected chi connectivity index (χ4v) is 4.43. The summed E-state index contributed by atoms with van der Waals surface area (Å²) in [6.07, 6.45) is 1.64. The number of aryl methyl sites for hydroxylation is 1. The van der Waals surface area contributed by atoms with Gasteiger partial charge in [-0.05, 0) is 43.3 Å². The largest absolute Gasteiger partial charge is 0.872 e. The molecule has 2 aromatic carbocycles. The third kappa shape index (κ3) is 4.36. The molecular weight excluding hydrogens is 424 g/mol. The first kappa shape index (κ1) is 22.9. The van der Waals surface area contributed by atoms with Gasteiger partial charge in [-0.1, -0.05) is 11.8 Å². The fraction of sp³-hybridized carbons (Fsp3) is 0.400. The molecular formula is C25H30N2O6. The van der Waals surface area contributed by atoms with Gasteiger partial charge in [0, 0.05) is 18.7 Å². The van der Waals surface area contributed by atoms with Gasteiger partial charge in [-0.3, -0.25) is 9.69 Å². The molecule has 0 spiro atoms. The zero-order valence-electron chi connectivity index (χ0n) is 19.7. The normalized spacial score (nSPS) is 17.7. The van der Waals surface area contributed by atoms with Crippen molar-refractivity contribution in [2.45, 2.75) is 13.5 Å². The van der Waals surface area contributed by atoms with Gasteiger partial charge in [-0.25, -0.2) is 0 Å². The minimum Gasteiger partial charge on any atom is -0.872 e. The van der Waals surface area contributed by atoms with E-state index in [2.05, 4.69) is 11.9 Å². The summed E-state index contributed by atoms with van der Waals surface area (Å²) < 4.78 is 22.2. The van der Waals surface area contributed by atoms with Crippen LogP contribution in [0.3, 0.4) is 0 Å². The lowest BCUT2D eigenvalue weighted by atomic mass is 9.99. The van der Waals surface area contributed by atoms with Crippen LogP contribution in [0.4, 0.5) is 0 Å². The zero-order chi connectivity index (χ0) is 23.7. The summed E-state index contributed by atoms with van der Waals surface area (Å²) >= 11 is 0. The summed E-state index contributed by atoms with van der Waals surface area (Å²) in [5.74, 6) is 1.67. The number of likely N-dealkylation sites (N-methyl/N-ethyl adjacent to an activating group) is 1. The molecule has 33 heavy (non-hydrogen) atoms. The number of hydrogen-bond donors (Lipinski definition) is 1. The summed E-state index contributed by atoms with van der Waals surface area (Å²) in [6, 6.07) is 5.04. The molecule has 176 valence electrons. The third-order valence-electron chi connectivity index (χ3n) is 6.31. The number of carbonyl (C=O) groups excluding carboxylic acids is 1. The highest BCUT2D eigenvalue weighted by molar-refractivity contribution is 6.15. The van der Waals surface area contributed by atoms with Crippen LogP contribution in [0.25, 0.3) is 6.08 Å². The number of quaternary nitrogens is 1. The second-order valence-electron chi connectivity index (χ2n) is 8.50. The highest BCUT2D eigenvalue weighted by Gasteiger charge is 2.33. The standard InChI is InChI=1S/C25H30N2O6/c1-15-10-18(28)17(14-27-8-6-26(2)7-9-27)24-22(15)23(29)19(33-24)11-16-12-20(30-3)25(32-5)21(13-16)31-4/h10-13,28H,6-9,14H2,1-5H3. The zero-order valence-corrected chi connectivity index (χ0v) is 19.7. The van der Waals surface area contributed by atoms with Crippen LogP contribution in [0.2, 0.25) is 0 Å². The highest BCUT2D eigenvalue weighted by Crippen LogP contribution is 2.42. The van der Waals surface area contributed by atoms with E-state index in [1.165, 1.54) is 26.2 Å². The van der Waals surface area contributed by atoms with Crippen LogP contribution in [0.1, 0.15) is 27.0 Å². The van der Waals surface area contributed by atoms with E-state index in [0.29, 0.717) is 51.8 Å². The Morgan fingerprint density at radius 2 is 1.73 bits per heavy atom. The number of piperazine rings is 1. The molecule has 0 atom stereocenters. The Morgan fingerprint density at radius 1 is 1.09 bits per heavy atom. The van der Waals surface area contributed by atoms with Crippen LogP contribution in [-0.4, -0.2) is 65.2 Å². The molecule has 2 aromatic rings. The molecule has 2 heterocycles. The Balaban J connectivity index is 1.70. The number of carbonyl (C=O) groups is 1. The van der Waals surface area contributed by atoms with E-state index in [1.807, 2.05) is 0 Å². The number of methoxy groups -OCH3 is 3. The number of rotatable bonds is 6. The third-order valence-corrected chi connectivity index (χ3v) is 6.31. The first-order valence-electron chi connectivity index (χ1n) is 11.0. The predicted octanol–water partition coefficient (Wildman–Crippen LogP) is 1.04. The van der Waals surface area contributed by atoms with E-state index < -0.39 is 0 Å². The number of Topliss-reactive ketones (excluding diaryl/α,β-unsaturated/α-hetero) is 1. The summed E-state index contributed by atoms with van der Waals surface area (Å²) in [7, 11) is 6.70. The van der Waals surface area contributed by atoms with E-state index in [0.717, 1.165) is 26.2 Å². The number of benzene rings is 2. The van der Waals surface area contributed by atoms with Crippen molar-refractivity contribution >= 4 is 11.9 Å². The monoisotopic (exact) mass is 454 g/mol. The van der Waals surface area contributed by atoms with Crippen molar-refractivity contribution in [2.75, 3.05) is 54.6 Å². The molecule has 1 saturated heterocycles. The number of fused-ring (bicyclic) bond motifs is 1. The van der Waals surface area contributed by atoms with Gasteiger partial charge < -0.3 is 29.0 Å². The van der Waals surface area contributed by atoms with Crippen LogP contribution in [0, 0.1) is 6.92 Å². The Bertz CT molecular complexity index is 1080. The Hall–Kier alpha value is -3.23. The first-order chi connectivity index (χ1) is 15.9. The van der Waals surface area contributed by atoms with Crippen molar-refractivity contribution in [2.24, 2.45) is 0 Å². The average Bonchev–Trinajstić information content (AvgIpc) is 3.13. The van der Waals surface area contributed by atoms with Gasteiger partial charge in [0.2, 0.25) is 11.5 Å². The van der Waals surface area contributed by atoms with Crippen molar-refractivity contribution in [3.8, 4) is 28.7 Å². The van der Waals surface area contributed by atoms with Crippen molar-refractivity contribution in [3.63, 3.8) is 0 Å². The maximum absolute atomic E-state index is 13.3. The molecule has 0 aliphatic carbocycles. The van der Waals surface area contributed by atoms with Gasteiger partial charge in [0.15, 0.2) is 17.3 Å². The minimum atomic E-state index is -0.231. The number of ether oxygens (including phenoxy) is 4. The number of hydrogen-bond acceptors (Lipinski definition) is 7. The van der Waals surface area contributed by atoms with Crippen molar-refractivity contribution in [1.29, 1.82) is 0 Å². The van der Waals surface area contributed by atoms with Gasteiger partial charge >= 0.3 is 0 Å². The van der Waals surface area contributed by atoms with E-state index in [-0.39, 0.29) is 17.3 Å². The predicted molar refractivity (Wildman–Crippen MR) is 122 cm³/mol. The average molecular weight is 455 g/mol. The van der Waals surface area contributed by atoms with Gasteiger partial charge in [-0.15, -0.1) is 0 Å². The molecule has 1 fully saturated rings. The van der Waals surface area contributed by atoms with Crippen LogP contribution in [-0.2, 0) is 6.54 Å². The number of nitrogens with zero attached hydrogens (tertiary/aromatic N) is 1. The van der Waals surface area contributed by atoms with E-state index in [1.54, 1.807) is 31.2 Å². The van der Waals surface area contributed by atoms with Gasteiger partial charge in [-0.2, -0.15) is 0 Å². The van der Waals surface area contributed by atoms with E-state index in [9.17, 15) is 9.90 Å². The minimum absolute atomic E-state index is 0.0838. The van der Waals surface area contributed by atoms with Gasteiger partial charge in [0.25, 0.3) is 0 Å². The number of nitrogens with one attached hydrogen (secondary N) is 1. The molecule has 8 nitrogen and oxygen atoms in total. The van der Waals surface area contributed by atoms with Crippen molar-refractivity contribution in [1.82, 2.24) is 4.90 Å². The lowest BCUT2D eigenvalue weighted by Gasteiger charge is -2.31. The summed E-state index contributed by atoms with van der Waals surface area (Å²) in [5.41, 5.74) is 2.32. The first-order valence-corrected chi connectivity index (χ1v) is 11.0. The molecule has 0 aromatic heterocycles. The maximum atomic E-state index is 13.3. The molecule has 0 radical (unpaired) electrons. The van der Waals surface area contributed by atoms with Crippen LogP contribution < -0.4 is 29.0 Å². The smallest absolute Gasteiger partial charge is 0.232 e. The second kappa shape index (κ2) is 9.33. The molecule has 2 aliphatic rings. The Morgan fingerprint density at radius 3 is 2.30 bits per heavy atom. The highest BCUT2D eigenvalue weighted by atomic mass is 16.5. The lowest BCUT2D eigenvalue weighted by molar-refractivity contribution is -0.918. The molecule has 0 bridgehead atoms. The molecule has 0 saturated carbocycles. The summed E-state index contributed by atoms with van der Waals surface area (Å²) in [5, 5.41) is 12.9. The molecule has 2 aliphatic heterocycles. The molecule has 1 N–H and O–H groups in total. The lowest BCUT2D eigenvalue weighted by Crippen LogP contribution is -3.13.